The summed E-state index contributed by atoms with van der Waals surface area (Å²) >= 11 is 5.84. The molecule has 1 N–H and O–H groups in total. The number of rotatable bonds is 11. The molecule has 0 saturated carbocycles. The van der Waals surface area contributed by atoms with Gasteiger partial charge in [-0.15, -0.1) is 0 Å². The monoisotopic (exact) mass is 511 g/mol. The van der Waals surface area contributed by atoms with Crippen molar-refractivity contribution >= 4 is 39.1 Å². The Morgan fingerprint density at radius 3 is 2.44 bits per heavy atom. The van der Waals surface area contributed by atoms with Gasteiger partial charge in [0.2, 0.25) is 21.8 Å². The maximum atomic E-state index is 13.6. The van der Waals surface area contributed by atoms with Gasteiger partial charge in [0.15, 0.2) is 0 Å². The van der Waals surface area contributed by atoms with Gasteiger partial charge in [-0.25, -0.2) is 12.8 Å². The number of anilines is 1. The second kappa shape index (κ2) is 12.2. The lowest BCUT2D eigenvalue weighted by Crippen LogP contribution is -2.51. The van der Waals surface area contributed by atoms with Crippen LogP contribution in [0.5, 0.6) is 0 Å². The quantitative estimate of drug-likeness (QED) is 0.464. The van der Waals surface area contributed by atoms with Gasteiger partial charge in [0, 0.05) is 13.1 Å². The molecule has 7 nitrogen and oxygen atoms in total. The molecule has 0 bridgehead atoms. The number of hydrogen-bond donors (Lipinski definition) is 1. The number of benzene rings is 2. The van der Waals surface area contributed by atoms with Crippen molar-refractivity contribution in [1.82, 2.24) is 10.2 Å². The summed E-state index contributed by atoms with van der Waals surface area (Å²) in [7, 11) is -3.92. The van der Waals surface area contributed by atoms with Crippen molar-refractivity contribution in [2.75, 3.05) is 23.7 Å². The first-order chi connectivity index (χ1) is 16.0. The van der Waals surface area contributed by atoms with Crippen LogP contribution in [-0.2, 0) is 26.2 Å². The van der Waals surface area contributed by atoms with Gasteiger partial charge in [-0.05, 0) is 49.6 Å². The van der Waals surface area contributed by atoms with Crippen LogP contribution in [0.4, 0.5) is 10.1 Å². The molecule has 186 valence electrons. The number of aryl methyl sites for hydroxylation is 1. The van der Waals surface area contributed by atoms with E-state index < -0.39 is 34.3 Å². The van der Waals surface area contributed by atoms with E-state index in [4.69, 9.17) is 11.6 Å². The fraction of sp³-hybridized carbons (Fsp3) is 0.417. The smallest absolute Gasteiger partial charge is 0.244 e. The predicted octanol–water partition coefficient (Wildman–Crippen LogP) is 3.89. The van der Waals surface area contributed by atoms with E-state index >= 15 is 0 Å². The summed E-state index contributed by atoms with van der Waals surface area (Å²) in [6.07, 6.45) is 2.66. The van der Waals surface area contributed by atoms with Crippen LogP contribution in [0.3, 0.4) is 0 Å². The lowest BCUT2D eigenvalue weighted by Gasteiger charge is -2.32. The zero-order valence-corrected chi connectivity index (χ0v) is 21.4. The summed E-state index contributed by atoms with van der Waals surface area (Å²) in [6.45, 7) is 5.54. The molecule has 2 aromatic carbocycles. The Bertz CT molecular complexity index is 1130. The molecule has 0 fully saturated rings. The zero-order chi connectivity index (χ0) is 25.5. The first kappa shape index (κ1) is 27.6. The predicted molar refractivity (Wildman–Crippen MR) is 133 cm³/mol. The number of hydrogen-bond acceptors (Lipinski definition) is 4. The lowest BCUT2D eigenvalue weighted by atomic mass is 10.1. The van der Waals surface area contributed by atoms with E-state index in [0.29, 0.717) is 6.54 Å². The van der Waals surface area contributed by atoms with Gasteiger partial charge >= 0.3 is 0 Å². The molecule has 0 aliphatic rings. The van der Waals surface area contributed by atoms with E-state index in [0.717, 1.165) is 46.7 Å². The van der Waals surface area contributed by atoms with E-state index in [9.17, 15) is 22.4 Å². The maximum absolute atomic E-state index is 13.6. The molecule has 1 atom stereocenters. The molecular formula is C24H31ClFN3O4S. The van der Waals surface area contributed by atoms with Crippen LogP contribution in [0.1, 0.15) is 37.8 Å². The second-order valence-electron chi connectivity index (χ2n) is 8.14. The van der Waals surface area contributed by atoms with E-state index in [1.54, 1.807) is 6.92 Å². The van der Waals surface area contributed by atoms with E-state index in [1.165, 1.54) is 11.0 Å². The molecule has 2 aromatic rings. The molecule has 0 heterocycles. The van der Waals surface area contributed by atoms with Gasteiger partial charge in [0.25, 0.3) is 0 Å². The SMILES string of the molecule is CCCCNC(=O)C(C)N(Cc1ccccc1C)C(=O)CN(c1ccc(F)c(Cl)c1)S(C)(=O)=O. The normalized spacial score (nSPS) is 12.2. The van der Waals surface area contributed by atoms with Crippen molar-refractivity contribution in [1.29, 1.82) is 0 Å². The van der Waals surface area contributed by atoms with Crippen molar-refractivity contribution in [3.8, 4) is 0 Å². The summed E-state index contributed by atoms with van der Waals surface area (Å²) < 4.78 is 39.5. The van der Waals surface area contributed by atoms with Gasteiger partial charge in [0.1, 0.15) is 18.4 Å². The summed E-state index contributed by atoms with van der Waals surface area (Å²) in [5, 5.41) is 2.56. The van der Waals surface area contributed by atoms with Crippen LogP contribution in [0.2, 0.25) is 5.02 Å². The first-order valence-electron chi connectivity index (χ1n) is 11.0. The highest BCUT2D eigenvalue weighted by atomic mass is 35.5. The van der Waals surface area contributed by atoms with Crippen LogP contribution in [0, 0.1) is 12.7 Å². The minimum Gasteiger partial charge on any atom is -0.354 e. The molecule has 0 aromatic heterocycles. The largest absolute Gasteiger partial charge is 0.354 e. The summed E-state index contributed by atoms with van der Waals surface area (Å²) in [5.74, 6) is -1.61. The van der Waals surface area contributed by atoms with Crippen LogP contribution >= 0.6 is 11.6 Å². The average Bonchev–Trinajstić information content (AvgIpc) is 2.77. The molecule has 0 radical (unpaired) electrons. The molecule has 0 aliphatic heterocycles. The summed E-state index contributed by atoms with van der Waals surface area (Å²) in [5.41, 5.74) is 1.82. The third-order valence-electron chi connectivity index (χ3n) is 5.47. The van der Waals surface area contributed by atoms with Crippen LogP contribution in [0.15, 0.2) is 42.5 Å². The van der Waals surface area contributed by atoms with E-state index in [2.05, 4.69) is 5.32 Å². The van der Waals surface area contributed by atoms with Gasteiger partial charge in [-0.1, -0.05) is 49.2 Å². The third kappa shape index (κ3) is 7.43. The Labute approximate surface area is 205 Å². The number of amides is 2. The number of nitrogens with one attached hydrogen (secondary N) is 1. The first-order valence-corrected chi connectivity index (χ1v) is 13.2. The molecule has 0 spiro atoms. The Morgan fingerprint density at radius 2 is 1.85 bits per heavy atom. The number of carbonyl (C=O) groups is 2. The average molecular weight is 512 g/mol. The van der Waals surface area contributed by atoms with Gasteiger partial charge in [-0.2, -0.15) is 0 Å². The summed E-state index contributed by atoms with van der Waals surface area (Å²) in [6, 6.07) is 10.0. The van der Waals surface area contributed by atoms with Gasteiger partial charge in [-0.3, -0.25) is 13.9 Å². The molecule has 2 amide bonds. The van der Waals surface area contributed by atoms with E-state index in [-0.39, 0.29) is 23.2 Å². The number of unbranched alkanes of at least 4 members (excludes halogenated alkanes) is 1. The Balaban J connectivity index is 2.38. The van der Waals surface area contributed by atoms with Crippen molar-refractivity contribution in [2.45, 2.75) is 46.2 Å². The third-order valence-corrected chi connectivity index (χ3v) is 6.90. The highest BCUT2D eigenvalue weighted by molar-refractivity contribution is 7.92. The molecule has 0 saturated heterocycles. The molecule has 1 unspecified atom stereocenters. The lowest BCUT2D eigenvalue weighted by molar-refractivity contribution is -0.139. The van der Waals surface area contributed by atoms with E-state index in [1.807, 2.05) is 38.1 Å². The van der Waals surface area contributed by atoms with Crippen molar-refractivity contribution in [3.63, 3.8) is 0 Å². The minimum atomic E-state index is -3.92. The molecule has 34 heavy (non-hydrogen) atoms. The molecular weight excluding hydrogens is 481 g/mol. The Morgan fingerprint density at radius 1 is 1.18 bits per heavy atom. The number of carbonyl (C=O) groups excluding carboxylic acids is 2. The van der Waals surface area contributed by atoms with Crippen LogP contribution < -0.4 is 9.62 Å². The fourth-order valence-corrected chi connectivity index (χ4v) is 4.36. The number of halogens is 2. The van der Waals surface area contributed by atoms with Gasteiger partial charge < -0.3 is 10.2 Å². The standard InChI is InChI=1S/C24H31ClFN3O4S/c1-5-6-13-27-24(31)18(3)28(15-19-10-8-7-9-17(19)2)23(30)16-29(34(4,32)33)20-11-12-22(26)21(25)14-20/h7-12,14,18H,5-6,13,15-16H2,1-4H3,(H,27,31). The zero-order valence-electron chi connectivity index (χ0n) is 19.8. The topological polar surface area (TPSA) is 86.8 Å². The van der Waals surface area contributed by atoms with Crippen molar-refractivity contribution in [2.24, 2.45) is 0 Å². The van der Waals surface area contributed by atoms with Crippen molar-refractivity contribution < 1.29 is 22.4 Å². The highest BCUT2D eigenvalue weighted by Gasteiger charge is 2.30. The second-order valence-corrected chi connectivity index (χ2v) is 10.5. The molecule has 2 rings (SSSR count). The maximum Gasteiger partial charge on any atom is 0.244 e. The Hall–Kier alpha value is -2.65. The van der Waals surface area contributed by atoms with Crippen LogP contribution in [-0.4, -0.2) is 50.5 Å². The number of sulfonamides is 1. The highest BCUT2D eigenvalue weighted by Crippen LogP contribution is 2.25. The molecule has 0 aliphatic carbocycles. The summed E-state index contributed by atoms with van der Waals surface area (Å²) in [4.78, 5) is 27.6. The minimum absolute atomic E-state index is 0.0538. The fourth-order valence-electron chi connectivity index (χ4n) is 3.34. The molecule has 10 heteroatoms. The van der Waals surface area contributed by atoms with Gasteiger partial charge in [0.05, 0.1) is 17.0 Å². The van der Waals surface area contributed by atoms with Crippen LogP contribution in [0.25, 0.3) is 0 Å². The number of nitrogens with zero attached hydrogens (tertiary/aromatic N) is 2. The Kier molecular flexibility index (Phi) is 9.88. The van der Waals surface area contributed by atoms with Crippen molar-refractivity contribution in [3.05, 3.63) is 64.4 Å².